The summed E-state index contributed by atoms with van der Waals surface area (Å²) in [6, 6.07) is 14.4. The van der Waals surface area contributed by atoms with E-state index in [1.807, 2.05) is 30.5 Å². The number of thiophene rings is 1. The zero-order chi connectivity index (χ0) is 19.7. The van der Waals surface area contributed by atoms with Gasteiger partial charge in [-0.25, -0.2) is 4.98 Å². The fourth-order valence-corrected chi connectivity index (χ4v) is 5.28. The SMILES string of the molecule is O=C(NCc1cccs1)C1CC12CCN(Cc1cccn1-c1ccccn1)CC2. The molecule has 1 saturated carbocycles. The summed E-state index contributed by atoms with van der Waals surface area (Å²) in [5, 5.41) is 5.20. The van der Waals surface area contributed by atoms with E-state index >= 15 is 0 Å². The Labute approximate surface area is 175 Å². The Balaban J connectivity index is 1.14. The molecule has 0 aromatic carbocycles. The van der Waals surface area contributed by atoms with E-state index in [1.54, 1.807) is 11.3 Å². The van der Waals surface area contributed by atoms with Crippen LogP contribution in [-0.4, -0.2) is 33.4 Å². The first-order valence-corrected chi connectivity index (χ1v) is 11.2. The Bertz CT molecular complexity index is 958. The maximum atomic E-state index is 12.6. The molecule has 150 valence electrons. The van der Waals surface area contributed by atoms with E-state index in [2.05, 4.69) is 49.5 Å². The predicted octanol–water partition coefficient (Wildman–Crippen LogP) is 3.85. The summed E-state index contributed by atoms with van der Waals surface area (Å²) in [5.41, 5.74) is 1.51. The van der Waals surface area contributed by atoms with E-state index in [4.69, 9.17) is 0 Å². The van der Waals surface area contributed by atoms with Crippen molar-refractivity contribution in [2.45, 2.75) is 32.4 Å². The second-order valence-corrected chi connectivity index (χ2v) is 9.28. The summed E-state index contributed by atoms with van der Waals surface area (Å²) in [5.74, 6) is 1.42. The molecule has 1 aliphatic carbocycles. The Morgan fingerprint density at radius 3 is 2.83 bits per heavy atom. The Kier molecular flexibility index (Phi) is 4.97. The van der Waals surface area contributed by atoms with Crippen LogP contribution in [0.25, 0.3) is 5.82 Å². The number of hydrogen-bond acceptors (Lipinski definition) is 4. The van der Waals surface area contributed by atoms with Gasteiger partial charge in [0.2, 0.25) is 5.91 Å². The average Bonchev–Trinajstić information content (AvgIpc) is 3.12. The average molecular weight is 407 g/mol. The molecule has 5 rings (SSSR count). The fourth-order valence-electron chi connectivity index (χ4n) is 4.63. The lowest BCUT2D eigenvalue weighted by Gasteiger charge is -2.33. The van der Waals surface area contributed by atoms with Crippen LogP contribution in [0.4, 0.5) is 0 Å². The third-order valence-electron chi connectivity index (χ3n) is 6.49. The van der Waals surface area contributed by atoms with Gasteiger partial charge in [-0.3, -0.25) is 9.69 Å². The number of carbonyl (C=O) groups is 1. The maximum Gasteiger partial charge on any atom is 0.223 e. The molecule has 0 radical (unpaired) electrons. The van der Waals surface area contributed by atoms with Gasteiger partial charge >= 0.3 is 0 Å². The molecule has 1 atom stereocenters. The number of aromatic nitrogens is 2. The number of nitrogens with zero attached hydrogens (tertiary/aromatic N) is 3. The summed E-state index contributed by atoms with van der Waals surface area (Å²) in [6.45, 7) is 3.71. The predicted molar refractivity (Wildman–Crippen MR) is 115 cm³/mol. The number of amides is 1. The quantitative estimate of drug-likeness (QED) is 0.676. The zero-order valence-electron chi connectivity index (χ0n) is 16.5. The van der Waals surface area contributed by atoms with Crippen LogP contribution in [0.15, 0.2) is 60.2 Å². The summed E-state index contributed by atoms with van der Waals surface area (Å²) < 4.78 is 2.17. The number of hydrogen-bond donors (Lipinski definition) is 1. The van der Waals surface area contributed by atoms with Crippen LogP contribution in [0, 0.1) is 11.3 Å². The van der Waals surface area contributed by atoms with Gasteiger partial charge in [0.05, 0.1) is 6.54 Å². The highest BCUT2D eigenvalue weighted by atomic mass is 32.1. The van der Waals surface area contributed by atoms with Crippen LogP contribution < -0.4 is 5.32 Å². The van der Waals surface area contributed by atoms with Crippen LogP contribution in [-0.2, 0) is 17.9 Å². The number of piperidine rings is 1. The Morgan fingerprint density at radius 1 is 1.17 bits per heavy atom. The molecule has 1 unspecified atom stereocenters. The number of pyridine rings is 1. The lowest BCUT2D eigenvalue weighted by molar-refractivity contribution is -0.123. The Morgan fingerprint density at radius 2 is 2.07 bits per heavy atom. The summed E-state index contributed by atoms with van der Waals surface area (Å²) >= 11 is 1.70. The molecule has 1 aliphatic heterocycles. The molecule has 29 heavy (non-hydrogen) atoms. The van der Waals surface area contributed by atoms with Crippen molar-refractivity contribution in [1.82, 2.24) is 19.8 Å². The van der Waals surface area contributed by atoms with Crippen LogP contribution >= 0.6 is 11.3 Å². The summed E-state index contributed by atoms with van der Waals surface area (Å²) in [6.07, 6.45) is 7.21. The third kappa shape index (κ3) is 3.87. The second kappa shape index (κ2) is 7.76. The van der Waals surface area contributed by atoms with E-state index in [0.29, 0.717) is 6.54 Å². The number of likely N-dealkylation sites (tertiary alicyclic amines) is 1. The minimum atomic E-state index is 0.210. The highest BCUT2D eigenvalue weighted by molar-refractivity contribution is 7.09. The lowest BCUT2D eigenvalue weighted by Crippen LogP contribution is -2.37. The maximum absolute atomic E-state index is 12.6. The van der Waals surface area contributed by atoms with Gasteiger partial charge in [0.15, 0.2) is 0 Å². The Hall–Kier alpha value is -2.44. The molecule has 6 heteroatoms. The van der Waals surface area contributed by atoms with Gasteiger partial charge in [0.1, 0.15) is 5.82 Å². The minimum Gasteiger partial charge on any atom is -0.351 e. The zero-order valence-corrected chi connectivity index (χ0v) is 17.3. The smallest absolute Gasteiger partial charge is 0.223 e. The first-order valence-electron chi connectivity index (χ1n) is 10.3. The van der Waals surface area contributed by atoms with E-state index in [-0.39, 0.29) is 17.2 Å². The monoisotopic (exact) mass is 406 g/mol. The number of nitrogens with one attached hydrogen (secondary N) is 1. The van der Waals surface area contributed by atoms with Crippen molar-refractivity contribution in [3.8, 4) is 5.82 Å². The van der Waals surface area contributed by atoms with Gasteiger partial charge in [-0.05, 0) is 73.5 Å². The van der Waals surface area contributed by atoms with Crippen LogP contribution in [0.5, 0.6) is 0 Å². The van der Waals surface area contributed by atoms with Crippen molar-refractivity contribution in [3.05, 3.63) is 70.8 Å². The first kappa shape index (κ1) is 18.6. The molecular formula is C23H26N4OS. The van der Waals surface area contributed by atoms with Crippen molar-refractivity contribution >= 4 is 17.2 Å². The molecule has 1 N–H and O–H groups in total. The van der Waals surface area contributed by atoms with E-state index < -0.39 is 0 Å². The van der Waals surface area contributed by atoms with Crippen molar-refractivity contribution in [3.63, 3.8) is 0 Å². The third-order valence-corrected chi connectivity index (χ3v) is 7.37. The van der Waals surface area contributed by atoms with E-state index in [0.717, 1.165) is 44.7 Å². The van der Waals surface area contributed by atoms with Gasteiger partial charge < -0.3 is 9.88 Å². The highest BCUT2D eigenvalue weighted by Gasteiger charge is 2.58. The second-order valence-electron chi connectivity index (χ2n) is 8.25. The standard InChI is InChI=1S/C23H26N4OS/c28-22(25-16-19-6-4-14-29-19)20-15-23(20)8-12-26(13-9-23)17-18-5-3-11-27(18)21-7-1-2-10-24-21/h1-7,10-11,14,20H,8-9,12-13,15-17H2,(H,25,28). The van der Waals surface area contributed by atoms with E-state index in [1.165, 1.54) is 10.6 Å². The van der Waals surface area contributed by atoms with Gasteiger partial charge in [0.25, 0.3) is 0 Å². The minimum absolute atomic E-state index is 0.210. The van der Waals surface area contributed by atoms with Gasteiger partial charge in [-0.1, -0.05) is 12.1 Å². The van der Waals surface area contributed by atoms with Crippen molar-refractivity contribution in [1.29, 1.82) is 0 Å². The van der Waals surface area contributed by atoms with Crippen molar-refractivity contribution in [2.75, 3.05) is 13.1 Å². The van der Waals surface area contributed by atoms with Crippen molar-refractivity contribution < 1.29 is 4.79 Å². The molecule has 2 aliphatic rings. The van der Waals surface area contributed by atoms with Gasteiger partial charge in [-0.15, -0.1) is 11.3 Å². The summed E-state index contributed by atoms with van der Waals surface area (Å²) in [7, 11) is 0. The molecule has 1 saturated heterocycles. The fraction of sp³-hybridized carbons (Fsp3) is 0.391. The van der Waals surface area contributed by atoms with Crippen LogP contribution in [0.2, 0.25) is 0 Å². The molecule has 1 amide bonds. The molecule has 4 heterocycles. The topological polar surface area (TPSA) is 50.2 Å². The van der Waals surface area contributed by atoms with Crippen molar-refractivity contribution in [2.24, 2.45) is 11.3 Å². The number of carbonyl (C=O) groups excluding carboxylic acids is 1. The normalized spacial score (nSPS) is 20.6. The largest absolute Gasteiger partial charge is 0.351 e. The highest BCUT2D eigenvalue weighted by Crippen LogP contribution is 2.59. The molecule has 5 nitrogen and oxygen atoms in total. The van der Waals surface area contributed by atoms with Gasteiger partial charge in [0, 0.05) is 35.4 Å². The van der Waals surface area contributed by atoms with Crippen LogP contribution in [0.3, 0.4) is 0 Å². The first-order chi connectivity index (χ1) is 14.2. The van der Waals surface area contributed by atoms with E-state index in [9.17, 15) is 4.79 Å². The number of rotatable bonds is 6. The molecular weight excluding hydrogens is 380 g/mol. The molecule has 0 bridgehead atoms. The molecule has 3 aromatic heterocycles. The molecule has 2 fully saturated rings. The van der Waals surface area contributed by atoms with Crippen LogP contribution in [0.1, 0.15) is 29.8 Å². The molecule has 3 aromatic rings. The lowest BCUT2D eigenvalue weighted by atomic mass is 9.90. The van der Waals surface area contributed by atoms with Gasteiger partial charge in [-0.2, -0.15) is 0 Å². The molecule has 1 spiro atoms. The summed E-state index contributed by atoms with van der Waals surface area (Å²) in [4.78, 5) is 20.8.